The summed E-state index contributed by atoms with van der Waals surface area (Å²) in [4.78, 5) is 12.3. The number of benzene rings is 2. The molecular weight excluding hydrogens is 252 g/mol. The number of aromatic hydroxyl groups is 1. The molecule has 0 amide bonds. The fourth-order valence-corrected chi connectivity index (χ4v) is 2.46. The van der Waals surface area contributed by atoms with Crippen LogP contribution in [0.25, 0.3) is 6.08 Å². The number of hydrogen-bond donors (Lipinski definition) is 1. The third-order valence-electron chi connectivity index (χ3n) is 3.48. The molecule has 0 saturated carbocycles. The monoisotopic (exact) mass is 266 g/mol. The Morgan fingerprint density at radius 2 is 2.00 bits per heavy atom. The van der Waals surface area contributed by atoms with E-state index in [-0.39, 0.29) is 11.5 Å². The minimum Gasteiger partial charge on any atom is -0.504 e. The van der Waals surface area contributed by atoms with Crippen LogP contribution in [0.3, 0.4) is 0 Å². The summed E-state index contributed by atoms with van der Waals surface area (Å²) in [7, 11) is 1.50. The van der Waals surface area contributed by atoms with E-state index in [9.17, 15) is 9.90 Å². The van der Waals surface area contributed by atoms with E-state index in [1.807, 2.05) is 30.3 Å². The fourth-order valence-electron chi connectivity index (χ4n) is 2.46. The molecule has 2 aromatic carbocycles. The van der Waals surface area contributed by atoms with Gasteiger partial charge in [0.05, 0.1) is 7.11 Å². The zero-order valence-corrected chi connectivity index (χ0v) is 11.1. The van der Waals surface area contributed by atoms with Gasteiger partial charge in [0.2, 0.25) is 0 Å². The maximum absolute atomic E-state index is 12.3. The number of allylic oxidation sites excluding steroid dienone is 1. The number of phenolic OH excluding ortho intramolecular Hbond substituents is 1. The Hall–Kier alpha value is -2.55. The molecule has 0 saturated heterocycles. The second-order valence-corrected chi connectivity index (χ2v) is 4.76. The summed E-state index contributed by atoms with van der Waals surface area (Å²) in [6, 6.07) is 12.7. The first-order valence-corrected chi connectivity index (χ1v) is 6.39. The van der Waals surface area contributed by atoms with Gasteiger partial charge in [-0.05, 0) is 29.3 Å². The molecule has 20 heavy (non-hydrogen) atoms. The Morgan fingerprint density at radius 1 is 1.20 bits per heavy atom. The van der Waals surface area contributed by atoms with Gasteiger partial charge in [-0.2, -0.15) is 0 Å². The maximum Gasteiger partial charge on any atom is 0.189 e. The van der Waals surface area contributed by atoms with E-state index < -0.39 is 0 Å². The summed E-state index contributed by atoms with van der Waals surface area (Å²) in [5, 5.41) is 9.58. The minimum absolute atomic E-state index is 0.0765. The molecule has 1 aliphatic carbocycles. The third-order valence-corrected chi connectivity index (χ3v) is 3.48. The Bertz CT molecular complexity index is 714. The van der Waals surface area contributed by atoms with Crippen molar-refractivity contribution in [3.8, 4) is 11.5 Å². The van der Waals surface area contributed by atoms with Gasteiger partial charge in [0, 0.05) is 17.6 Å². The number of methoxy groups -OCH3 is 1. The highest BCUT2D eigenvalue weighted by atomic mass is 16.5. The van der Waals surface area contributed by atoms with Gasteiger partial charge in [-0.1, -0.05) is 30.3 Å². The number of ketones is 1. The van der Waals surface area contributed by atoms with E-state index >= 15 is 0 Å². The first kappa shape index (κ1) is 12.5. The van der Waals surface area contributed by atoms with E-state index in [1.165, 1.54) is 7.11 Å². The molecule has 0 fully saturated rings. The highest BCUT2D eigenvalue weighted by Gasteiger charge is 2.23. The average molecular weight is 266 g/mol. The van der Waals surface area contributed by atoms with Crippen molar-refractivity contribution in [3.63, 3.8) is 0 Å². The lowest BCUT2D eigenvalue weighted by Crippen LogP contribution is -1.95. The van der Waals surface area contributed by atoms with Crippen LogP contribution in [0.2, 0.25) is 0 Å². The predicted molar refractivity (Wildman–Crippen MR) is 77.1 cm³/mol. The predicted octanol–water partition coefficient (Wildman–Crippen LogP) is 3.22. The number of Topliss-reactive ketones (excluding diaryl/α,β-unsaturated/α-hetero) is 1. The number of carbonyl (C=O) groups excluding carboxylic acids is 1. The van der Waals surface area contributed by atoms with Crippen molar-refractivity contribution < 1.29 is 14.6 Å². The molecule has 0 heterocycles. The van der Waals surface area contributed by atoms with E-state index in [1.54, 1.807) is 18.2 Å². The molecule has 0 unspecified atom stereocenters. The van der Waals surface area contributed by atoms with E-state index in [2.05, 4.69) is 0 Å². The van der Waals surface area contributed by atoms with Crippen LogP contribution in [-0.4, -0.2) is 18.0 Å². The van der Waals surface area contributed by atoms with E-state index in [0.717, 1.165) is 22.3 Å². The molecule has 0 radical (unpaired) electrons. The Balaban J connectivity index is 1.97. The summed E-state index contributed by atoms with van der Waals surface area (Å²) in [5.74, 6) is 0.575. The largest absolute Gasteiger partial charge is 0.504 e. The molecule has 2 aromatic rings. The molecule has 0 aliphatic heterocycles. The van der Waals surface area contributed by atoms with Gasteiger partial charge >= 0.3 is 0 Å². The molecule has 0 atom stereocenters. The standard InChI is InChI=1S/C17H14O3/c1-20-16-9-11(6-7-15(16)18)8-13-10-12-4-2-3-5-14(12)17(13)19/h2-9,18H,10H2,1H3/b13-8+. The van der Waals surface area contributed by atoms with Gasteiger partial charge in [-0.3, -0.25) is 4.79 Å². The number of fused-ring (bicyclic) bond motifs is 1. The van der Waals surface area contributed by atoms with Crippen molar-refractivity contribution in [2.24, 2.45) is 0 Å². The maximum atomic E-state index is 12.3. The SMILES string of the molecule is COc1cc(/C=C2\Cc3ccccc3C2=O)ccc1O. The third kappa shape index (κ3) is 2.07. The van der Waals surface area contributed by atoms with Gasteiger partial charge in [-0.15, -0.1) is 0 Å². The zero-order valence-electron chi connectivity index (χ0n) is 11.1. The quantitative estimate of drug-likeness (QED) is 0.849. The first-order chi connectivity index (χ1) is 9.69. The molecule has 1 N–H and O–H groups in total. The average Bonchev–Trinajstić information content (AvgIpc) is 2.78. The van der Waals surface area contributed by atoms with Gasteiger partial charge in [-0.25, -0.2) is 0 Å². The lowest BCUT2D eigenvalue weighted by atomic mass is 10.1. The van der Waals surface area contributed by atoms with E-state index in [0.29, 0.717) is 12.2 Å². The molecule has 0 aromatic heterocycles. The summed E-state index contributed by atoms with van der Waals surface area (Å²) < 4.78 is 5.07. The van der Waals surface area contributed by atoms with Crippen molar-refractivity contribution in [3.05, 3.63) is 64.7 Å². The van der Waals surface area contributed by atoms with Crippen molar-refractivity contribution in [2.75, 3.05) is 7.11 Å². The summed E-state index contributed by atoms with van der Waals surface area (Å²) in [6.45, 7) is 0. The van der Waals surface area contributed by atoms with Crippen LogP contribution in [0.5, 0.6) is 11.5 Å². The van der Waals surface area contributed by atoms with Crippen LogP contribution in [-0.2, 0) is 6.42 Å². The number of hydrogen-bond acceptors (Lipinski definition) is 3. The normalized spacial score (nSPS) is 15.4. The minimum atomic E-state index is 0.0765. The lowest BCUT2D eigenvalue weighted by Gasteiger charge is -2.04. The Labute approximate surface area is 117 Å². The van der Waals surface area contributed by atoms with Gasteiger partial charge in [0.1, 0.15) is 0 Å². The fraction of sp³-hybridized carbons (Fsp3) is 0.118. The lowest BCUT2D eigenvalue weighted by molar-refractivity contribution is 0.104. The summed E-state index contributed by atoms with van der Waals surface area (Å²) >= 11 is 0. The van der Waals surface area contributed by atoms with Crippen LogP contribution < -0.4 is 4.74 Å². The number of carbonyl (C=O) groups is 1. The topological polar surface area (TPSA) is 46.5 Å². The Morgan fingerprint density at radius 3 is 2.75 bits per heavy atom. The highest BCUT2D eigenvalue weighted by molar-refractivity contribution is 6.15. The molecule has 0 bridgehead atoms. The molecular formula is C17H14O3. The van der Waals surface area contributed by atoms with Crippen LogP contribution >= 0.6 is 0 Å². The van der Waals surface area contributed by atoms with Crippen LogP contribution in [0.1, 0.15) is 21.5 Å². The second kappa shape index (κ2) is 4.85. The van der Waals surface area contributed by atoms with Crippen molar-refractivity contribution >= 4 is 11.9 Å². The summed E-state index contributed by atoms with van der Waals surface area (Å²) in [5.41, 5.74) is 3.45. The number of rotatable bonds is 2. The molecule has 0 spiro atoms. The molecule has 3 heteroatoms. The first-order valence-electron chi connectivity index (χ1n) is 6.39. The second-order valence-electron chi connectivity index (χ2n) is 4.76. The molecule has 100 valence electrons. The summed E-state index contributed by atoms with van der Waals surface area (Å²) in [6.07, 6.45) is 2.50. The van der Waals surface area contributed by atoms with Gasteiger partial charge in [0.15, 0.2) is 17.3 Å². The number of ether oxygens (including phenoxy) is 1. The molecule has 3 nitrogen and oxygen atoms in total. The van der Waals surface area contributed by atoms with Crippen molar-refractivity contribution in [1.29, 1.82) is 0 Å². The van der Waals surface area contributed by atoms with Crippen LogP contribution in [0, 0.1) is 0 Å². The van der Waals surface area contributed by atoms with Gasteiger partial charge < -0.3 is 9.84 Å². The van der Waals surface area contributed by atoms with Crippen molar-refractivity contribution in [1.82, 2.24) is 0 Å². The molecule has 1 aliphatic rings. The zero-order chi connectivity index (χ0) is 14.1. The van der Waals surface area contributed by atoms with Crippen LogP contribution in [0.4, 0.5) is 0 Å². The Kier molecular flexibility index (Phi) is 3.03. The smallest absolute Gasteiger partial charge is 0.189 e. The highest BCUT2D eigenvalue weighted by Crippen LogP contribution is 2.30. The molecule has 3 rings (SSSR count). The number of phenols is 1. The van der Waals surface area contributed by atoms with Crippen molar-refractivity contribution in [2.45, 2.75) is 6.42 Å². The van der Waals surface area contributed by atoms with Crippen LogP contribution in [0.15, 0.2) is 48.0 Å². The van der Waals surface area contributed by atoms with Gasteiger partial charge in [0.25, 0.3) is 0 Å². The van der Waals surface area contributed by atoms with E-state index in [4.69, 9.17) is 4.74 Å².